The SMILES string of the molecule is Cc1cccnc1-n1cnc2c(NN)nc(N3CCOCC3)nc21. The van der Waals surface area contributed by atoms with Crippen LogP contribution in [0.15, 0.2) is 24.7 Å². The molecule has 4 rings (SSSR count). The molecule has 1 saturated heterocycles. The number of rotatable bonds is 3. The van der Waals surface area contributed by atoms with Crippen molar-refractivity contribution in [2.24, 2.45) is 5.84 Å². The normalized spacial score (nSPS) is 15.0. The Morgan fingerprint density at radius 1 is 1.21 bits per heavy atom. The van der Waals surface area contributed by atoms with Crippen LogP contribution in [0.2, 0.25) is 0 Å². The number of ether oxygens (including phenoxy) is 1. The molecular formula is C15H18N8O. The van der Waals surface area contributed by atoms with Gasteiger partial charge >= 0.3 is 0 Å². The lowest BCUT2D eigenvalue weighted by molar-refractivity contribution is 0.122. The van der Waals surface area contributed by atoms with Gasteiger partial charge in [-0.1, -0.05) is 6.07 Å². The van der Waals surface area contributed by atoms with Crippen LogP contribution in [0.5, 0.6) is 0 Å². The second kappa shape index (κ2) is 6.02. The first-order chi connectivity index (χ1) is 11.8. The summed E-state index contributed by atoms with van der Waals surface area (Å²) in [5.74, 6) is 7.53. The predicted molar refractivity (Wildman–Crippen MR) is 90.0 cm³/mol. The lowest BCUT2D eigenvalue weighted by Gasteiger charge is -2.27. The second-order valence-electron chi connectivity index (χ2n) is 5.55. The van der Waals surface area contributed by atoms with Crippen molar-refractivity contribution in [1.82, 2.24) is 24.5 Å². The van der Waals surface area contributed by atoms with Gasteiger partial charge in [-0.15, -0.1) is 0 Å². The summed E-state index contributed by atoms with van der Waals surface area (Å²) >= 11 is 0. The Morgan fingerprint density at radius 2 is 2.04 bits per heavy atom. The summed E-state index contributed by atoms with van der Waals surface area (Å²) in [6.07, 6.45) is 3.44. The molecule has 0 amide bonds. The van der Waals surface area contributed by atoms with E-state index in [0.29, 0.717) is 36.1 Å². The lowest BCUT2D eigenvalue weighted by Crippen LogP contribution is -2.37. The number of anilines is 2. The zero-order valence-corrected chi connectivity index (χ0v) is 13.3. The fourth-order valence-electron chi connectivity index (χ4n) is 2.78. The van der Waals surface area contributed by atoms with E-state index in [9.17, 15) is 0 Å². The van der Waals surface area contributed by atoms with Crippen LogP contribution in [0, 0.1) is 6.92 Å². The van der Waals surface area contributed by atoms with Gasteiger partial charge in [0.2, 0.25) is 5.95 Å². The van der Waals surface area contributed by atoms with Gasteiger partial charge in [0.05, 0.1) is 13.2 Å². The fraction of sp³-hybridized carbons (Fsp3) is 0.333. The molecule has 3 aromatic heterocycles. The molecule has 0 aliphatic carbocycles. The van der Waals surface area contributed by atoms with Crippen LogP contribution in [0.1, 0.15) is 5.56 Å². The molecule has 0 bridgehead atoms. The minimum Gasteiger partial charge on any atom is -0.378 e. The number of nitrogens with one attached hydrogen (secondary N) is 1. The Kier molecular flexibility index (Phi) is 3.71. The van der Waals surface area contributed by atoms with Gasteiger partial charge in [-0.3, -0.25) is 4.57 Å². The number of fused-ring (bicyclic) bond motifs is 1. The standard InChI is InChI=1S/C15H18N8O/c1-10-3-2-4-17-13(10)23-9-18-11-12(21-16)19-15(20-14(11)23)22-5-7-24-8-6-22/h2-4,9H,5-8,16H2,1H3,(H,19,20,21). The van der Waals surface area contributed by atoms with Gasteiger partial charge in [0.25, 0.3) is 0 Å². The highest BCUT2D eigenvalue weighted by Gasteiger charge is 2.20. The summed E-state index contributed by atoms with van der Waals surface area (Å²) in [4.78, 5) is 20.1. The first-order valence-corrected chi connectivity index (χ1v) is 7.74. The van der Waals surface area contributed by atoms with Crippen molar-refractivity contribution in [3.05, 3.63) is 30.2 Å². The molecule has 9 nitrogen and oxygen atoms in total. The van der Waals surface area contributed by atoms with Crippen molar-refractivity contribution in [2.75, 3.05) is 36.6 Å². The topological polar surface area (TPSA) is 107 Å². The number of nitrogens with zero attached hydrogens (tertiary/aromatic N) is 6. The Bertz CT molecular complexity index is 871. The fourth-order valence-corrected chi connectivity index (χ4v) is 2.78. The maximum atomic E-state index is 5.64. The van der Waals surface area contributed by atoms with E-state index in [0.717, 1.165) is 24.5 Å². The molecule has 24 heavy (non-hydrogen) atoms. The monoisotopic (exact) mass is 326 g/mol. The molecule has 0 unspecified atom stereocenters. The average Bonchev–Trinajstić information content (AvgIpc) is 3.06. The van der Waals surface area contributed by atoms with Crippen molar-refractivity contribution < 1.29 is 4.74 Å². The van der Waals surface area contributed by atoms with E-state index in [1.807, 2.05) is 23.6 Å². The number of imidazole rings is 1. The zero-order chi connectivity index (χ0) is 16.5. The summed E-state index contributed by atoms with van der Waals surface area (Å²) in [6, 6.07) is 3.90. The molecule has 3 aromatic rings. The van der Waals surface area contributed by atoms with Crippen molar-refractivity contribution in [2.45, 2.75) is 6.92 Å². The first kappa shape index (κ1) is 14.8. The van der Waals surface area contributed by atoms with Crippen LogP contribution in [0.3, 0.4) is 0 Å². The number of hydrogen-bond acceptors (Lipinski definition) is 8. The van der Waals surface area contributed by atoms with Gasteiger partial charge in [-0.2, -0.15) is 9.97 Å². The van der Waals surface area contributed by atoms with Crippen LogP contribution in [-0.2, 0) is 4.74 Å². The van der Waals surface area contributed by atoms with Crippen molar-refractivity contribution in [1.29, 1.82) is 0 Å². The number of pyridine rings is 1. The first-order valence-electron chi connectivity index (χ1n) is 7.74. The van der Waals surface area contributed by atoms with E-state index in [4.69, 9.17) is 15.6 Å². The molecule has 0 radical (unpaired) electrons. The molecule has 1 aliphatic heterocycles. The van der Waals surface area contributed by atoms with E-state index in [-0.39, 0.29) is 0 Å². The number of nitrogens with two attached hydrogens (primary N) is 1. The molecule has 0 atom stereocenters. The van der Waals surface area contributed by atoms with E-state index in [1.54, 1.807) is 12.5 Å². The lowest BCUT2D eigenvalue weighted by atomic mass is 10.3. The van der Waals surface area contributed by atoms with Crippen molar-refractivity contribution in [3.8, 4) is 5.82 Å². The van der Waals surface area contributed by atoms with E-state index in [1.165, 1.54) is 0 Å². The molecule has 124 valence electrons. The Labute approximate surface area is 138 Å². The quantitative estimate of drug-likeness (QED) is 0.533. The highest BCUT2D eigenvalue weighted by atomic mass is 16.5. The number of nitrogen functional groups attached to an aromatic ring is 1. The smallest absolute Gasteiger partial charge is 0.229 e. The van der Waals surface area contributed by atoms with Crippen molar-refractivity contribution >= 4 is 22.9 Å². The summed E-state index contributed by atoms with van der Waals surface area (Å²) in [7, 11) is 0. The summed E-state index contributed by atoms with van der Waals surface area (Å²) in [5, 5.41) is 0. The van der Waals surface area contributed by atoms with Crippen LogP contribution < -0.4 is 16.2 Å². The minimum absolute atomic E-state index is 0.494. The van der Waals surface area contributed by atoms with Crippen molar-refractivity contribution in [3.63, 3.8) is 0 Å². The average molecular weight is 326 g/mol. The Morgan fingerprint density at radius 3 is 2.79 bits per heavy atom. The maximum absolute atomic E-state index is 5.64. The van der Waals surface area contributed by atoms with Crippen LogP contribution >= 0.6 is 0 Å². The third kappa shape index (κ3) is 2.43. The predicted octanol–water partition coefficient (Wildman–Crippen LogP) is 0.641. The Balaban J connectivity index is 1.89. The number of hydrogen-bond donors (Lipinski definition) is 2. The number of aryl methyl sites for hydroxylation is 1. The number of morpholine rings is 1. The highest BCUT2D eigenvalue weighted by molar-refractivity contribution is 5.85. The van der Waals surface area contributed by atoms with Gasteiger partial charge in [-0.25, -0.2) is 15.8 Å². The van der Waals surface area contributed by atoms with Gasteiger partial charge < -0.3 is 15.1 Å². The van der Waals surface area contributed by atoms with E-state index >= 15 is 0 Å². The summed E-state index contributed by atoms with van der Waals surface area (Å²) < 4.78 is 7.25. The van der Waals surface area contributed by atoms with Crippen LogP contribution in [0.4, 0.5) is 11.8 Å². The largest absolute Gasteiger partial charge is 0.378 e. The Hall–Kier alpha value is -2.78. The summed E-state index contributed by atoms with van der Waals surface area (Å²) in [6.45, 7) is 4.80. The molecule has 4 heterocycles. The molecule has 0 aromatic carbocycles. The molecule has 0 spiro atoms. The highest BCUT2D eigenvalue weighted by Crippen LogP contribution is 2.25. The van der Waals surface area contributed by atoms with E-state index < -0.39 is 0 Å². The zero-order valence-electron chi connectivity index (χ0n) is 13.3. The molecule has 9 heteroatoms. The third-order valence-electron chi connectivity index (χ3n) is 4.02. The van der Waals surface area contributed by atoms with Gasteiger partial charge in [0.1, 0.15) is 12.1 Å². The van der Waals surface area contributed by atoms with Crippen LogP contribution in [0.25, 0.3) is 17.0 Å². The molecular weight excluding hydrogens is 308 g/mol. The second-order valence-corrected chi connectivity index (χ2v) is 5.55. The molecule has 3 N–H and O–H groups in total. The third-order valence-corrected chi connectivity index (χ3v) is 4.02. The number of aromatic nitrogens is 5. The van der Waals surface area contributed by atoms with Crippen LogP contribution in [-0.4, -0.2) is 50.8 Å². The molecule has 1 fully saturated rings. The maximum Gasteiger partial charge on any atom is 0.229 e. The molecule has 0 saturated carbocycles. The van der Waals surface area contributed by atoms with E-state index in [2.05, 4.69) is 25.3 Å². The number of hydrazine groups is 1. The minimum atomic E-state index is 0.494. The van der Waals surface area contributed by atoms with Gasteiger partial charge in [0, 0.05) is 19.3 Å². The van der Waals surface area contributed by atoms with Gasteiger partial charge in [0.15, 0.2) is 17.0 Å². The van der Waals surface area contributed by atoms with Gasteiger partial charge in [-0.05, 0) is 18.6 Å². The summed E-state index contributed by atoms with van der Waals surface area (Å²) in [5.41, 5.74) is 4.94. The molecule has 1 aliphatic rings.